The van der Waals surface area contributed by atoms with Crippen LogP contribution in [0.15, 0.2) is 0 Å². The fourth-order valence-corrected chi connectivity index (χ4v) is 3.09. The summed E-state index contributed by atoms with van der Waals surface area (Å²) in [7, 11) is 0. The van der Waals surface area contributed by atoms with Gasteiger partial charge in [-0.3, -0.25) is 4.79 Å². The van der Waals surface area contributed by atoms with Crippen LogP contribution in [0, 0.1) is 11.8 Å². The molecule has 0 spiro atoms. The third kappa shape index (κ3) is 4.19. The van der Waals surface area contributed by atoms with Crippen LogP contribution in [-0.4, -0.2) is 60.6 Å². The number of nitrogens with zero attached hydrogens (tertiary/aromatic N) is 2. The number of amides is 1. The molecule has 20 heavy (non-hydrogen) atoms. The van der Waals surface area contributed by atoms with Gasteiger partial charge in [0.05, 0.1) is 12.2 Å². The van der Waals surface area contributed by atoms with Crippen molar-refractivity contribution >= 4 is 5.91 Å². The van der Waals surface area contributed by atoms with Crippen LogP contribution in [0.25, 0.3) is 0 Å². The minimum Gasteiger partial charge on any atom is -0.371 e. The Morgan fingerprint density at radius 2 is 1.70 bits per heavy atom. The molecule has 2 aliphatic rings. The van der Waals surface area contributed by atoms with Crippen LogP contribution in [0.4, 0.5) is 0 Å². The highest BCUT2D eigenvalue weighted by Crippen LogP contribution is 2.21. The molecule has 0 saturated carbocycles. The summed E-state index contributed by atoms with van der Waals surface area (Å²) in [5.41, 5.74) is 0. The van der Waals surface area contributed by atoms with Crippen LogP contribution in [0.1, 0.15) is 40.5 Å². The fourth-order valence-electron chi connectivity index (χ4n) is 3.09. The lowest BCUT2D eigenvalue weighted by atomic mass is 10.0. The second-order valence-electron chi connectivity index (χ2n) is 7.05. The number of carbonyl (C=O) groups excluding carboxylic acids is 1. The summed E-state index contributed by atoms with van der Waals surface area (Å²) in [6.07, 6.45) is 2.96. The number of piperidine rings is 1. The van der Waals surface area contributed by atoms with Gasteiger partial charge in [0.15, 0.2) is 0 Å². The second kappa shape index (κ2) is 6.90. The van der Waals surface area contributed by atoms with Crippen molar-refractivity contribution in [1.82, 2.24) is 9.80 Å². The van der Waals surface area contributed by atoms with Crippen LogP contribution in [-0.2, 0) is 9.53 Å². The maximum absolute atomic E-state index is 11.8. The van der Waals surface area contributed by atoms with Gasteiger partial charge in [0, 0.05) is 38.6 Å². The Labute approximate surface area is 123 Å². The van der Waals surface area contributed by atoms with Crippen LogP contribution in [0.3, 0.4) is 0 Å². The highest BCUT2D eigenvalue weighted by Gasteiger charge is 2.34. The molecule has 2 aliphatic heterocycles. The average Bonchev–Trinajstić information content (AvgIpc) is 2.33. The fraction of sp³-hybridized carbons (Fsp3) is 0.938. The summed E-state index contributed by atoms with van der Waals surface area (Å²) >= 11 is 0. The summed E-state index contributed by atoms with van der Waals surface area (Å²) in [4.78, 5) is 16.2. The molecule has 2 heterocycles. The van der Waals surface area contributed by atoms with Crippen LogP contribution < -0.4 is 0 Å². The van der Waals surface area contributed by atoms with Crippen molar-refractivity contribution in [3.05, 3.63) is 0 Å². The first-order chi connectivity index (χ1) is 9.45. The van der Waals surface area contributed by atoms with E-state index in [2.05, 4.69) is 18.7 Å². The SMILES string of the molecule is CC(C)CN1CCC(OC2CN(C(=O)C(C)C)C2)CC1. The van der Waals surface area contributed by atoms with Crippen LogP contribution >= 0.6 is 0 Å². The topological polar surface area (TPSA) is 32.8 Å². The Morgan fingerprint density at radius 3 is 2.20 bits per heavy atom. The largest absolute Gasteiger partial charge is 0.371 e. The van der Waals surface area contributed by atoms with Crippen molar-refractivity contribution in [2.75, 3.05) is 32.7 Å². The van der Waals surface area contributed by atoms with Crippen molar-refractivity contribution in [2.45, 2.75) is 52.7 Å². The standard InChI is InChI=1S/C16H30N2O2/c1-12(2)9-17-7-5-14(6-8-17)20-15-10-18(11-15)16(19)13(3)4/h12-15H,5-11H2,1-4H3. The smallest absolute Gasteiger partial charge is 0.225 e. The minimum atomic E-state index is 0.107. The average molecular weight is 282 g/mol. The molecule has 0 bridgehead atoms. The third-order valence-corrected chi connectivity index (χ3v) is 4.20. The number of hydrogen-bond acceptors (Lipinski definition) is 3. The zero-order valence-electron chi connectivity index (χ0n) is 13.5. The van der Waals surface area contributed by atoms with Crippen LogP contribution in [0.5, 0.6) is 0 Å². The van der Waals surface area contributed by atoms with E-state index in [1.165, 1.54) is 6.54 Å². The third-order valence-electron chi connectivity index (χ3n) is 4.20. The molecule has 0 aromatic rings. The van der Waals surface area contributed by atoms with Gasteiger partial charge < -0.3 is 14.5 Å². The summed E-state index contributed by atoms with van der Waals surface area (Å²) in [6, 6.07) is 0. The molecule has 0 N–H and O–H groups in total. The molecule has 2 saturated heterocycles. The number of carbonyl (C=O) groups is 1. The first-order valence-electron chi connectivity index (χ1n) is 8.12. The first kappa shape index (κ1) is 15.8. The number of hydrogen-bond donors (Lipinski definition) is 0. The van der Waals surface area contributed by atoms with Crippen molar-refractivity contribution in [2.24, 2.45) is 11.8 Å². The Morgan fingerprint density at radius 1 is 1.10 bits per heavy atom. The van der Waals surface area contributed by atoms with E-state index < -0.39 is 0 Å². The normalized spacial score (nSPS) is 22.6. The lowest BCUT2D eigenvalue weighted by Crippen LogP contribution is -2.57. The van der Waals surface area contributed by atoms with Gasteiger partial charge in [-0.1, -0.05) is 27.7 Å². The zero-order valence-corrected chi connectivity index (χ0v) is 13.5. The molecule has 0 aliphatic carbocycles. The Hall–Kier alpha value is -0.610. The van der Waals surface area contributed by atoms with E-state index in [1.54, 1.807) is 0 Å². The van der Waals surface area contributed by atoms with Gasteiger partial charge in [-0.2, -0.15) is 0 Å². The van der Waals surface area contributed by atoms with Crippen molar-refractivity contribution in [1.29, 1.82) is 0 Å². The molecule has 116 valence electrons. The maximum Gasteiger partial charge on any atom is 0.225 e. The summed E-state index contributed by atoms with van der Waals surface area (Å²) in [6.45, 7) is 13.6. The minimum absolute atomic E-state index is 0.107. The molecular weight excluding hydrogens is 252 g/mol. The number of ether oxygens (including phenoxy) is 1. The molecule has 2 rings (SSSR count). The van der Waals surface area contributed by atoms with Crippen LogP contribution in [0.2, 0.25) is 0 Å². The van der Waals surface area contributed by atoms with E-state index in [0.29, 0.717) is 6.10 Å². The summed E-state index contributed by atoms with van der Waals surface area (Å²) < 4.78 is 6.12. The molecule has 1 amide bonds. The van der Waals surface area contributed by atoms with E-state index in [0.717, 1.165) is 44.9 Å². The Kier molecular flexibility index (Phi) is 5.44. The Bertz CT molecular complexity index is 316. The van der Waals surface area contributed by atoms with E-state index in [9.17, 15) is 4.79 Å². The molecule has 0 aromatic heterocycles. The monoisotopic (exact) mass is 282 g/mol. The molecular formula is C16H30N2O2. The summed E-state index contributed by atoms with van der Waals surface area (Å²) in [5.74, 6) is 1.11. The van der Waals surface area contributed by atoms with Gasteiger partial charge in [-0.15, -0.1) is 0 Å². The lowest BCUT2D eigenvalue weighted by Gasteiger charge is -2.43. The Balaban J connectivity index is 1.62. The van der Waals surface area contributed by atoms with E-state index >= 15 is 0 Å². The van der Waals surface area contributed by atoms with Gasteiger partial charge in [0.2, 0.25) is 5.91 Å². The molecule has 0 atom stereocenters. The van der Waals surface area contributed by atoms with Gasteiger partial charge in [-0.05, 0) is 18.8 Å². The van der Waals surface area contributed by atoms with Crippen molar-refractivity contribution < 1.29 is 9.53 Å². The predicted molar refractivity (Wildman–Crippen MR) is 80.6 cm³/mol. The van der Waals surface area contributed by atoms with Gasteiger partial charge in [-0.25, -0.2) is 0 Å². The quantitative estimate of drug-likeness (QED) is 0.773. The molecule has 4 nitrogen and oxygen atoms in total. The first-order valence-corrected chi connectivity index (χ1v) is 8.12. The van der Waals surface area contributed by atoms with Gasteiger partial charge in [0.25, 0.3) is 0 Å². The number of rotatable bonds is 5. The van der Waals surface area contributed by atoms with E-state index in [1.807, 2.05) is 18.7 Å². The van der Waals surface area contributed by atoms with Gasteiger partial charge >= 0.3 is 0 Å². The van der Waals surface area contributed by atoms with Crippen molar-refractivity contribution in [3.8, 4) is 0 Å². The van der Waals surface area contributed by atoms with Gasteiger partial charge in [0.1, 0.15) is 0 Å². The molecule has 4 heteroatoms. The molecule has 0 radical (unpaired) electrons. The maximum atomic E-state index is 11.8. The summed E-state index contributed by atoms with van der Waals surface area (Å²) in [5, 5.41) is 0. The van der Waals surface area contributed by atoms with E-state index in [-0.39, 0.29) is 17.9 Å². The van der Waals surface area contributed by atoms with Crippen molar-refractivity contribution in [3.63, 3.8) is 0 Å². The number of likely N-dealkylation sites (tertiary alicyclic amines) is 2. The molecule has 2 fully saturated rings. The lowest BCUT2D eigenvalue weighted by molar-refractivity contribution is -0.155. The molecule has 0 aromatic carbocycles. The zero-order chi connectivity index (χ0) is 14.7. The second-order valence-corrected chi connectivity index (χ2v) is 7.05. The highest BCUT2D eigenvalue weighted by atomic mass is 16.5. The highest BCUT2D eigenvalue weighted by molar-refractivity contribution is 5.78. The van der Waals surface area contributed by atoms with E-state index in [4.69, 9.17) is 4.74 Å². The predicted octanol–water partition coefficient (Wildman–Crippen LogP) is 1.99. The molecule has 0 unspecified atom stereocenters.